The first-order valence-corrected chi connectivity index (χ1v) is 15.4. The fraction of sp³-hybridized carbons (Fsp3) is 0.387. The summed E-state index contributed by atoms with van der Waals surface area (Å²) in [6.07, 6.45) is 5.18. The Hall–Kier alpha value is -3.56. The molecule has 1 aliphatic heterocycles. The fourth-order valence-electron chi connectivity index (χ4n) is 5.16. The Morgan fingerprint density at radius 1 is 1.00 bits per heavy atom. The zero-order valence-electron chi connectivity index (χ0n) is 22.9. The summed E-state index contributed by atoms with van der Waals surface area (Å²) in [6, 6.07) is 19.5. The number of benzene rings is 2. The van der Waals surface area contributed by atoms with Crippen molar-refractivity contribution in [1.29, 1.82) is 0 Å². The maximum absolute atomic E-state index is 13.8. The number of carbonyl (C=O) groups is 2. The molecular formula is C31H35N3O5S. The number of sulfone groups is 1. The standard InChI is InChI=1S/C31H35N3O5S/c1-31(2,27-9-6-18-39-27)34(26-7-4-3-5-8-26)30(36)24-13-15-25(16-14-24)33-28(35)19-23-12-17-29(32-20-23)40(37,38)21-22-10-11-22/h3-5,7-8,12-17,20,22,27H,6,9-11,18-19,21H2,1-2H3,(H,33,35). The molecule has 3 aromatic rings. The highest BCUT2D eigenvalue weighted by Crippen LogP contribution is 2.34. The third kappa shape index (κ3) is 6.42. The zero-order chi connectivity index (χ0) is 28.3. The monoisotopic (exact) mass is 561 g/mol. The molecule has 40 heavy (non-hydrogen) atoms. The lowest BCUT2D eigenvalue weighted by molar-refractivity contribution is -0.115. The molecule has 1 saturated carbocycles. The van der Waals surface area contributed by atoms with Gasteiger partial charge >= 0.3 is 0 Å². The van der Waals surface area contributed by atoms with Crippen LogP contribution in [0, 0.1) is 5.92 Å². The van der Waals surface area contributed by atoms with E-state index >= 15 is 0 Å². The van der Waals surface area contributed by atoms with Crippen LogP contribution in [0.15, 0.2) is 78.0 Å². The first-order chi connectivity index (χ1) is 19.1. The summed E-state index contributed by atoms with van der Waals surface area (Å²) < 4.78 is 30.8. The number of amides is 2. The lowest BCUT2D eigenvalue weighted by Crippen LogP contribution is -2.55. The summed E-state index contributed by atoms with van der Waals surface area (Å²) in [5.41, 5.74) is 1.90. The second-order valence-electron chi connectivity index (χ2n) is 11.2. The van der Waals surface area contributed by atoms with Gasteiger partial charge in [-0.25, -0.2) is 13.4 Å². The van der Waals surface area contributed by atoms with Crippen molar-refractivity contribution in [2.45, 2.75) is 62.6 Å². The number of anilines is 2. The molecule has 5 rings (SSSR count). The molecule has 1 aromatic heterocycles. The van der Waals surface area contributed by atoms with Crippen LogP contribution >= 0.6 is 0 Å². The second kappa shape index (κ2) is 11.5. The van der Waals surface area contributed by atoms with Gasteiger partial charge in [-0.05, 0) is 93.5 Å². The van der Waals surface area contributed by atoms with Crippen LogP contribution in [0.4, 0.5) is 11.4 Å². The molecule has 2 amide bonds. The normalized spacial score (nSPS) is 17.4. The Balaban J connectivity index is 1.25. The predicted molar refractivity (Wildman–Crippen MR) is 154 cm³/mol. The maximum atomic E-state index is 13.8. The largest absolute Gasteiger partial charge is 0.376 e. The van der Waals surface area contributed by atoms with E-state index in [-0.39, 0.29) is 41.0 Å². The van der Waals surface area contributed by atoms with Gasteiger partial charge in [-0.15, -0.1) is 0 Å². The Morgan fingerprint density at radius 2 is 1.73 bits per heavy atom. The molecule has 1 atom stereocenters. The van der Waals surface area contributed by atoms with Gasteiger partial charge in [-0.3, -0.25) is 9.59 Å². The number of para-hydroxylation sites is 1. The van der Waals surface area contributed by atoms with Crippen LogP contribution in [0.5, 0.6) is 0 Å². The fourth-order valence-corrected chi connectivity index (χ4v) is 6.78. The molecule has 9 heteroatoms. The lowest BCUT2D eigenvalue weighted by Gasteiger charge is -2.42. The molecule has 2 heterocycles. The minimum absolute atomic E-state index is 0.0496. The summed E-state index contributed by atoms with van der Waals surface area (Å²) in [5, 5.41) is 2.89. The van der Waals surface area contributed by atoms with Gasteiger partial charge in [0.2, 0.25) is 5.91 Å². The molecule has 1 aliphatic carbocycles. The van der Waals surface area contributed by atoms with Crippen LogP contribution in [0.2, 0.25) is 0 Å². The molecule has 1 saturated heterocycles. The topological polar surface area (TPSA) is 106 Å². The van der Waals surface area contributed by atoms with Crippen LogP contribution < -0.4 is 10.2 Å². The Kier molecular flexibility index (Phi) is 8.05. The highest BCUT2D eigenvalue weighted by Gasteiger charge is 2.41. The average Bonchev–Trinajstić information content (AvgIpc) is 3.54. The number of ether oxygens (including phenoxy) is 1. The summed E-state index contributed by atoms with van der Waals surface area (Å²) >= 11 is 0. The second-order valence-corrected chi connectivity index (χ2v) is 13.1. The molecule has 0 radical (unpaired) electrons. The highest BCUT2D eigenvalue weighted by atomic mass is 32.2. The van der Waals surface area contributed by atoms with Gasteiger partial charge in [0, 0.05) is 29.7 Å². The van der Waals surface area contributed by atoms with Crippen molar-refractivity contribution in [1.82, 2.24) is 4.98 Å². The zero-order valence-corrected chi connectivity index (χ0v) is 23.7. The highest BCUT2D eigenvalue weighted by molar-refractivity contribution is 7.91. The summed E-state index contributed by atoms with van der Waals surface area (Å²) in [6.45, 7) is 4.76. The first-order valence-electron chi connectivity index (χ1n) is 13.7. The molecule has 8 nitrogen and oxygen atoms in total. The van der Waals surface area contributed by atoms with Gasteiger partial charge in [0.25, 0.3) is 5.91 Å². The quantitative estimate of drug-likeness (QED) is 0.371. The number of nitrogens with zero attached hydrogens (tertiary/aromatic N) is 2. The Bertz CT molecular complexity index is 1450. The van der Waals surface area contributed by atoms with E-state index in [1.165, 1.54) is 12.3 Å². The van der Waals surface area contributed by atoms with Crippen LogP contribution in [0.3, 0.4) is 0 Å². The molecule has 1 N–H and O–H groups in total. The number of nitrogens with one attached hydrogen (secondary N) is 1. The number of hydrogen-bond donors (Lipinski definition) is 1. The SMILES string of the molecule is CC(C)(C1CCCO1)N(C(=O)c1ccc(NC(=O)Cc2ccc(S(=O)(=O)CC3CC3)nc2)cc1)c1ccccc1. The number of hydrogen-bond acceptors (Lipinski definition) is 6. The molecule has 0 spiro atoms. The molecule has 210 valence electrons. The van der Waals surface area contributed by atoms with E-state index in [2.05, 4.69) is 10.3 Å². The smallest absolute Gasteiger partial charge is 0.258 e. The van der Waals surface area contributed by atoms with E-state index < -0.39 is 15.4 Å². The van der Waals surface area contributed by atoms with Gasteiger partial charge in [-0.2, -0.15) is 0 Å². The van der Waals surface area contributed by atoms with E-state index in [9.17, 15) is 18.0 Å². The van der Waals surface area contributed by atoms with E-state index in [0.717, 1.165) is 31.4 Å². The van der Waals surface area contributed by atoms with E-state index in [0.29, 0.717) is 23.4 Å². The molecule has 2 aliphatic rings. The van der Waals surface area contributed by atoms with E-state index in [1.54, 1.807) is 35.2 Å². The summed E-state index contributed by atoms with van der Waals surface area (Å²) in [5.74, 6) is -0.0340. The molecule has 2 aromatic carbocycles. The van der Waals surface area contributed by atoms with Crippen LogP contribution in [-0.4, -0.2) is 49.2 Å². The molecule has 0 bridgehead atoms. The molecular weight excluding hydrogens is 526 g/mol. The number of rotatable bonds is 10. The third-order valence-corrected chi connectivity index (χ3v) is 9.35. The summed E-state index contributed by atoms with van der Waals surface area (Å²) in [7, 11) is -3.39. The van der Waals surface area contributed by atoms with Crippen molar-refractivity contribution in [2.24, 2.45) is 5.92 Å². The molecule has 1 unspecified atom stereocenters. The van der Waals surface area contributed by atoms with Crippen LogP contribution in [0.1, 0.15) is 55.5 Å². The minimum atomic E-state index is -3.39. The minimum Gasteiger partial charge on any atom is -0.376 e. The van der Waals surface area contributed by atoms with Crippen molar-refractivity contribution in [2.75, 3.05) is 22.6 Å². The van der Waals surface area contributed by atoms with Crippen molar-refractivity contribution < 1.29 is 22.7 Å². The van der Waals surface area contributed by atoms with Crippen molar-refractivity contribution in [3.05, 3.63) is 84.1 Å². The summed E-state index contributed by atoms with van der Waals surface area (Å²) in [4.78, 5) is 32.4. The van der Waals surface area contributed by atoms with Crippen LogP contribution in [0.25, 0.3) is 0 Å². The maximum Gasteiger partial charge on any atom is 0.258 e. The predicted octanol–water partition coefficient (Wildman–Crippen LogP) is 5.05. The van der Waals surface area contributed by atoms with E-state index in [4.69, 9.17) is 4.74 Å². The van der Waals surface area contributed by atoms with Crippen molar-refractivity contribution >= 4 is 33.0 Å². The van der Waals surface area contributed by atoms with Gasteiger partial charge < -0.3 is 15.0 Å². The Labute approximate surface area is 235 Å². The number of aromatic nitrogens is 1. The number of pyridine rings is 1. The average molecular weight is 562 g/mol. The third-order valence-electron chi connectivity index (χ3n) is 7.56. The van der Waals surface area contributed by atoms with Crippen molar-refractivity contribution in [3.8, 4) is 0 Å². The Morgan fingerprint density at radius 3 is 2.33 bits per heavy atom. The van der Waals surface area contributed by atoms with E-state index in [1.807, 2.05) is 44.2 Å². The van der Waals surface area contributed by atoms with Crippen molar-refractivity contribution in [3.63, 3.8) is 0 Å². The first kappa shape index (κ1) is 28.0. The lowest BCUT2D eigenvalue weighted by atomic mass is 9.91. The van der Waals surface area contributed by atoms with Gasteiger partial charge in [0.05, 0.1) is 23.8 Å². The molecule has 2 fully saturated rings. The number of carbonyl (C=O) groups excluding carboxylic acids is 2. The van der Waals surface area contributed by atoms with Gasteiger partial charge in [0.1, 0.15) is 0 Å². The van der Waals surface area contributed by atoms with Crippen LogP contribution in [-0.2, 0) is 25.8 Å². The van der Waals surface area contributed by atoms with Gasteiger partial charge in [0.15, 0.2) is 14.9 Å². The van der Waals surface area contributed by atoms with Gasteiger partial charge in [-0.1, -0.05) is 24.3 Å².